The van der Waals surface area contributed by atoms with Gasteiger partial charge in [-0.05, 0) is 20.8 Å². The Bertz CT molecular complexity index is 198. The van der Waals surface area contributed by atoms with E-state index in [4.69, 9.17) is 5.11 Å². The molecule has 0 aliphatic rings. The number of aliphatic hydroxyl groups is 2. The lowest BCUT2D eigenvalue weighted by Crippen LogP contribution is -3.00. The lowest BCUT2D eigenvalue weighted by atomic mass is 9.96. The molecule has 0 aromatic rings. The highest BCUT2D eigenvalue weighted by Crippen LogP contribution is 2.18. The molecular formula is C9H21ClN2O3. The van der Waals surface area contributed by atoms with Crippen molar-refractivity contribution in [1.29, 1.82) is 0 Å². The third-order valence-electron chi connectivity index (χ3n) is 2.56. The number of halogens is 1. The van der Waals surface area contributed by atoms with E-state index in [1.807, 2.05) is 0 Å². The Hall–Kier alpha value is -0.360. The monoisotopic (exact) mass is 240 g/mol. The smallest absolute Gasteiger partial charge is 0.278 e. The Kier molecular flexibility index (Phi) is 7.96. The Balaban J connectivity index is 0. The summed E-state index contributed by atoms with van der Waals surface area (Å²) in [7, 11) is 0. The van der Waals surface area contributed by atoms with Crippen LogP contribution in [0.4, 0.5) is 0 Å². The maximum absolute atomic E-state index is 11.5. The van der Waals surface area contributed by atoms with E-state index in [9.17, 15) is 9.90 Å². The van der Waals surface area contributed by atoms with Gasteiger partial charge in [0.05, 0.1) is 18.2 Å². The molecule has 5 nitrogen and oxygen atoms in total. The molecule has 0 saturated heterocycles. The molecular weight excluding hydrogens is 220 g/mol. The van der Waals surface area contributed by atoms with Gasteiger partial charge in [-0.25, -0.2) is 0 Å². The van der Waals surface area contributed by atoms with Crippen LogP contribution in [0.5, 0.6) is 0 Å². The third kappa shape index (κ3) is 4.34. The number of aliphatic hydroxyl groups excluding tert-OH is 2. The van der Waals surface area contributed by atoms with Crippen LogP contribution in [0.25, 0.3) is 0 Å². The number of β-amino-alcohol motifs (C(OH)–C–C–N with tert-alkyl or cyclic N) is 1. The maximum atomic E-state index is 11.5. The largest absolute Gasteiger partial charge is 1.00 e. The number of rotatable bonds is 5. The summed E-state index contributed by atoms with van der Waals surface area (Å²) >= 11 is 0. The van der Waals surface area contributed by atoms with E-state index < -0.39 is 11.6 Å². The highest BCUT2D eigenvalue weighted by atomic mass is 35.5. The quantitative estimate of drug-likeness (QED) is 0.451. The Morgan fingerprint density at radius 3 is 2.27 bits per heavy atom. The van der Waals surface area contributed by atoms with Gasteiger partial charge < -0.3 is 33.3 Å². The molecule has 0 heterocycles. The second-order valence-electron chi connectivity index (χ2n) is 3.85. The van der Waals surface area contributed by atoms with Gasteiger partial charge in [0.1, 0.15) is 0 Å². The van der Waals surface area contributed by atoms with Crippen molar-refractivity contribution in [2.24, 2.45) is 0 Å². The molecule has 0 aromatic heterocycles. The summed E-state index contributed by atoms with van der Waals surface area (Å²) in [5.41, 5.74) is 2.84. The molecule has 92 valence electrons. The first-order valence-corrected chi connectivity index (χ1v) is 4.76. The summed E-state index contributed by atoms with van der Waals surface area (Å²) < 4.78 is 0. The van der Waals surface area contributed by atoms with Crippen LogP contribution < -0.4 is 18.1 Å². The molecule has 1 unspecified atom stereocenters. The van der Waals surface area contributed by atoms with Crippen molar-refractivity contribution in [1.82, 2.24) is 4.90 Å². The zero-order chi connectivity index (χ0) is 11.4. The third-order valence-corrected chi connectivity index (χ3v) is 2.56. The lowest BCUT2D eigenvalue weighted by Gasteiger charge is -2.39. The van der Waals surface area contributed by atoms with Crippen molar-refractivity contribution in [3.8, 4) is 0 Å². The zero-order valence-electron chi connectivity index (χ0n) is 9.53. The molecule has 1 atom stereocenters. The number of carbonyl (C=O) groups is 1. The molecule has 0 bridgehead atoms. The number of nitrogens with zero attached hydrogens (tertiary/aromatic N) is 1. The fourth-order valence-electron chi connectivity index (χ4n) is 1.19. The van der Waals surface area contributed by atoms with Gasteiger partial charge in [-0.15, -0.1) is 0 Å². The van der Waals surface area contributed by atoms with Gasteiger partial charge in [-0.1, -0.05) is 0 Å². The molecule has 6 heteroatoms. The van der Waals surface area contributed by atoms with E-state index >= 15 is 0 Å². The van der Waals surface area contributed by atoms with Crippen LogP contribution in [0.1, 0.15) is 20.8 Å². The molecule has 0 radical (unpaired) electrons. The molecule has 0 spiro atoms. The molecule has 0 aromatic carbocycles. The lowest BCUT2D eigenvalue weighted by molar-refractivity contribution is -0.358. The first-order chi connectivity index (χ1) is 6.37. The van der Waals surface area contributed by atoms with E-state index in [0.29, 0.717) is 0 Å². The molecule has 1 amide bonds. The fraction of sp³-hybridized carbons (Fsp3) is 0.889. The summed E-state index contributed by atoms with van der Waals surface area (Å²) in [6.45, 7) is 5.41. The minimum absolute atomic E-state index is 0. The highest BCUT2D eigenvalue weighted by Gasteiger charge is 2.34. The van der Waals surface area contributed by atoms with Gasteiger partial charge in [0, 0.05) is 6.54 Å². The Morgan fingerprint density at radius 2 is 2.00 bits per heavy atom. The van der Waals surface area contributed by atoms with Crippen LogP contribution in [0.15, 0.2) is 0 Å². The molecule has 0 saturated carbocycles. The summed E-state index contributed by atoms with van der Waals surface area (Å²) in [5.74, 6) is -0.162. The van der Waals surface area contributed by atoms with Crippen LogP contribution in [-0.2, 0) is 4.79 Å². The van der Waals surface area contributed by atoms with E-state index in [1.54, 1.807) is 20.8 Å². The average Bonchev–Trinajstić information content (AvgIpc) is 2.12. The first kappa shape index (κ1) is 17.0. The average molecular weight is 241 g/mol. The van der Waals surface area contributed by atoms with E-state index in [2.05, 4.69) is 5.73 Å². The minimum Gasteiger partial charge on any atom is -1.00 e. The second kappa shape index (κ2) is 7.00. The highest BCUT2D eigenvalue weighted by molar-refractivity contribution is 5.77. The number of hydrogen-bond acceptors (Lipinski definition) is 3. The first-order valence-electron chi connectivity index (χ1n) is 4.76. The van der Waals surface area contributed by atoms with E-state index in [1.165, 1.54) is 4.90 Å². The van der Waals surface area contributed by atoms with Crippen molar-refractivity contribution in [2.75, 3.05) is 19.7 Å². The van der Waals surface area contributed by atoms with Crippen molar-refractivity contribution >= 4 is 5.91 Å². The van der Waals surface area contributed by atoms with E-state index in [-0.39, 0.29) is 38.0 Å². The fourth-order valence-corrected chi connectivity index (χ4v) is 1.19. The normalized spacial score (nSPS) is 12.9. The predicted octanol–water partition coefficient (Wildman–Crippen LogP) is -4.79. The van der Waals surface area contributed by atoms with Crippen LogP contribution in [0, 0.1) is 0 Å². The number of amides is 1. The molecule has 0 rings (SSSR count). The van der Waals surface area contributed by atoms with Gasteiger partial charge in [0.15, 0.2) is 6.54 Å². The van der Waals surface area contributed by atoms with Gasteiger partial charge in [-0.2, -0.15) is 0 Å². The molecule has 0 aliphatic carbocycles. The Morgan fingerprint density at radius 1 is 1.53 bits per heavy atom. The van der Waals surface area contributed by atoms with Crippen molar-refractivity contribution in [3.05, 3.63) is 0 Å². The molecule has 15 heavy (non-hydrogen) atoms. The molecule has 5 N–H and O–H groups in total. The van der Waals surface area contributed by atoms with Crippen LogP contribution >= 0.6 is 0 Å². The second-order valence-corrected chi connectivity index (χ2v) is 3.85. The van der Waals surface area contributed by atoms with Crippen LogP contribution in [-0.4, -0.2) is 52.4 Å². The standard InChI is InChI=1S/C9H20N2O3.ClH/c1-7(13)9(2,3)11(4-5-12)8(14)6-10;/h7,12-13H,4-6,10H2,1-3H3;1H. The molecule has 0 fully saturated rings. The number of hydrogen-bond donors (Lipinski definition) is 3. The SMILES string of the molecule is CC(O)C(C)(C)N(CCO)C(=O)C[NH3+].[Cl-]. The summed E-state index contributed by atoms with van der Waals surface area (Å²) in [6.07, 6.45) is -0.649. The summed E-state index contributed by atoms with van der Waals surface area (Å²) in [6, 6.07) is 0. The van der Waals surface area contributed by atoms with Crippen LogP contribution in [0.3, 0.4) is 0 Å². The van der Waals surface area contributed by atoms with Gasteiger partial charge in [-0.3, -0.25) is 4.79 Å². The predicted molar refractivity (Wildman–Crippen MR) is 52.3 cm³/mol. The number of quaternary nitrogens is 1. The Labute approximate surface area is 96.7 Å². The molecule has 0 aliphatic heterocycles. The van der Waals surface area contributed by atoms with Gasteiger partial charge in [0.25, 0.3) is 5.91 Å². The van der Waals surface area contributed by atoms with Gasteiger partial charge >= 0.3 is 0 Å². The maximum Gasteiger partial charge on any atom is 0.278 e. The van der Waals surface area contributed by atoms with E-state index in [0.717, 1.165) is 0 Å². The number of carbonyl (C=O) groups excluding carboxylic acids is 1. The topological polar surface area (TPSA) is 88.4 Å². The summed E-state index contributed by atoms with van der Waals surface area (Å²) in [5, 5.41) is 18.4. The van der Waals surface area contributed by atoms with Gasteiger partial charge in [0.2, 0.25) is 0 Å². The summed E-state index contributed by atoms with van der Waals surface area (Å²) in [4.78, 5) is 13.0. The minimum atomic E-state index is -0.669. The van der Waals surface area contributed by atoms with Crippen LogP contribution in [0.2, 0.25) is 0 Å². The van der Waals surface area contributed by atoms with Crippen molar-refractivity contribution in [3.63, 3.8) is 0 Å². The van der Waals surface area contributed by atoms with Crippen molar-refractivity contribution in [2.45, 2.75) is 32.4 Å². The van der Waals surface area contributed by atoms with Crippen molar-refractivity contribution < 1.29 is 33.1 Å². The zero-order valence-corrected chi connectivity index (χ0v) is 10.3.